The van der Waals surface area contributed by atoms with Crippen LogP contribution >= 0.6 is 0 Å². The smallest absolute Gasteiger partial charge is 0.316 e. The van der Waals surface area contributed by atoms with Gasteiger partial charge in [-0.25, -0.2) is 9.48 Å². The number of benzene rings is 2. The number of rotatable bonds is 4. The standard InChI is InChI=1S/C18H17N5O3/c1-10-7-12(11-3-2-4-13(24)8-11)5-6-15(10)23-9-14(21-18(20)26)16(22-23)17(19)25/h2-9,24H,1H3,(H2,19,25)(H3,20,21,26). The first-order valence-electron chi connectivity index (χ1n) is 7.71. The van der Waals surface area contributed by atoms with Crippen molar-refractivity contribution in [2.75, 3.05) is 5.32 Å². The summed E-state index contributed by atoms with van der Waals surface area (Å²) in [5, 5.41) is 16.1. The molecule has 8 heteroatoms. The van der Waals surface area contributed by atoms with Crippen LogP contribution in [-0.2, 0) is 0 Å². The number of carbonyl (C=O) groups excluding carboxylic acids is 2. The minimum atomic E-state index is -0.817. The molecule has 0 saturated heterocycles. The second-order valence-corrected chi connectivity index (χ2v) is 5.74. The number of anilines is 1. The number of carbonyl (C=O) groups is 2. The van der Waals surface area contributed by atoms with E-state index in [9.17, 15) is 14.7 Å². The molecule has 1 heterocycles. The van der Waals surface area contributed by atoms with Crippen molar-refractivity contribution in [2.45, 2.75) is 6.92 Å². The summed E-state index contributed by atoms with van der Waals surface area (Å²) in [6.45, 7) is 1.88. The largest absolute Gasteiger partial charge is 0.508 e. The zero-order valence-electron chi connectivity index (χ0n) is 13.9. The third kappa shape index (κ3) is 3.34. The Kier molecular flexibility index (Phi) is 4.32. The van der Waals surface area contributed by atoms with Crippen LogP contribution in [0.15, 0.2) is 48.7 Å². The number of aromatic nitrogens is 2. The van der Waals surface area contributed by atoms with Crippen LogP contribution in [0.3, 0.4) is 0 Å². The second kappa shape index (κ2) is 6.60. The van der Waals surface area contributed by atoms with Gasteiger partial charge in [-0.3, -0.25) is 4.79 Å². The fourth-order valence-corrected chi connectivity index (χ4v) is 2.68. The summed E-state index contributed by atoms with van der Waals surface area (Å²) in [5.41, 5.74) is 13.8. The van der Waals surface area contributed by atoms with Gasteiger partial charge < -0.3 is 21.9 Å². The molecule has 3 rings (SSSR count). The highest BCUT2D eigenvalue weighted by Crippen LogP contribution is 2.27. The lowest BCUT2D eigenvalue weighted by Crippen LogP contribution is -2.22. The van der Waals surface area contributed by atoms with E-state index in [0.717, 1.165) is 16.7 Å². The Morgan fingerprint density at radius 1 is 1.12 bits per heavy atom. The minimum absolute atomic E-state index is 0.0831. The molecule has 8 nitrogen and oxygen atoms in total. The summed E-state index contributed by atoms with van der Waals surface area (Å²) in [6.07, 6.45) is 1.47. The molecule has 6 N–H and O–H groups in total. The Morgan fingerprint density at radius 3 is 2.46 bits per heavy atom. The zero-order valence-corrected chi connectivity index (χ0v) is 13.9. The van der Waals surface area contributed by atoms with Crippen molar-refractivity contribution in [1.82, 2.24) is 9.78 Å². The number of amides is 3. The number of phenols is 1. The van der Waals surface area contributed by atoms with Crippen LogP contribution in [0.25, 0.3) is 16.8 Å². The van der Waals surface area contributed by atoms with Crippen molar-refractivity contribution in [3.05, 3.63) is 59.9 Å². The highest BCUT2D eigenvalue weighted by Gasteiger charge is 2.17. The van der Waals surface area contributed by atoms with E-state index in [1.165, 1.54) is 10.9 Å². The predicted octanol–water partition coefficient (Wildman–Crippen LogP) is 2.14. The number of aromatic hydroxyl groups is 1. The molecule has 2 aromatic carbocycles. The van der Waals surface area contributed by atoms with E-state index in [1.54, 1.807) is 18.2 Å². The summed E-state index contributed by atoms with van der Waals surface area (Å²) in [7, 11) is 0. The molecule has 0 fully saturated rings. The molecule has 0 aliphatic heterocycles. The molecule has 1 aromatic heterocycles. The van der Waals surface area contributed by atoms with Crippen LogP contribution < -0.4 is 16.8 Å². The first-order chi connectivity index (χ1) is 12.3. The molecule has 0 unspecified atom stereocenters. The molecular weight excluding hydrogens is 334 g/mol. The number of primary amides is 2. The lowest BCUT2D eigenvalue weighted by molar-refractivity contribution is 0.0996. The number of nitrogens with two attached hydrogens (primary N) is 2. The van der Waals surface area contributed by atoms with Gasteiger partial charge in [0, 0.05) is 0 Å². The molecule has 132 valence electrons. The number of hydrogen-bond donors (Lipinski definition) is 4. The van der Waals surface area contributed by atoms with E-state index >= 15 is 0 Å². The van der Waals surface area contributed by atoms with Gasteiger partial charge in [-0.2, -0.15) is 5.10 Å². The highest BCUT2D eigenvalue weighted by molar-refractivity contribution is 6.00. The van der Waals surface area contributed by atoms with Crippen LogP contribution in [-0.4, -0.2) is 26.8 Å². The van der Waals surface area contributed by atoms with Crippen molar-refractivity contribution >= 4 is 17.6 Å². The van der Waals surface area contributed by atoms with Crippen molar-refractivity contribution in [2.24, 2.45) is 11.5 Å². The highest BCUT2D eigenvalue weighted by atomic mass is 16.3. The monoisotopic (exact) mass is 351 g/mol. The number of aryl methyl sites for hydroxylation is 1. The first kappa shape index (κ1) is 17.0. The minimum Gasteiger partial charge on any atom is -0.508 e. The van der Waals surface area contributed by atoms with E-state index < -0.39 is 11.9 Å². The van der Waals surface area contributed by atoms with Crippen LogP contribution in [0.5, 0.6) is 5.75 Å². The summed E-state index contributed by atoms with van der Waals surface area (Å²) < 4.78 is 1.45. The lowest BCUT2D eigenvalue weighted by Gasteiger charge is -2.09. The van der Waals surface area contributed by atoms with Crippen molar-refractivity contribution < 1.29 is 14.7 Å². The predicted molar refractivity (Wildman–Crippen MR) is 97.1 cm³/mol. The molecule has 0 spiro atoms. The van der Waals surface area contributed by atoms with Crippen molar-refractivity contribution in [3.63, 3.8) is 0 Å². The fourth-order valence-electron chi connectivity index (χ4n) is 2.68. The van der Waals surface area contributed by atoms with Gasteiger partial charge in [0.05, 0.1) is 17.6 Å². The maximum Gasteiger partial charge on any atom is 0.316 e. The molecule has 3 aromatic rings. The average molecular weight is 351 g/mol. The van der Waals surface area contributed by atoms with Gasteiger partial charge in [0.15, 0.2) is 5.69 Å². The molecule has 0 radical (unpaired) electrons. The Balaban J connectivity index is 2.02. The second-order valence-electron chi connectivity index (χ2n) is 5.74. The molecule has 0 aliphatic rings. The van der Waals surface area contributed by atoms with Crippen molar-refractivity contribution in [3.8, 4) is 22.6 Å². The number of hydrogen-bond acceptors (Lipinski definition) is 4. The van der Waals surface area contributed by atoms with Crippen LogP contribution in [0.2, 0.25) is 0 Å². The van der Waals surface area contributed by atoms with Gasteiger partial charge in [-0.1, -0.05) is 18.2 Å². The average Bonchev–Trinajstić information content (AvgIpc) is 2.97. The van der Waals surface area contributed by atoms with Gasteiger partial charge in [0.1, 0.15) is 5.75 Å². The number of urea groups is 1. The van der Waals surface area contributed by atoms with Gasteiger partial charge in [0.25, 0.3) is 5.91 Å². The molecule has 0 bridgehead atoms. The van der Waals surface area contributed by atoms with Gasteiger partial charge >= 0.3 is 6.03 Å². The maximum absolute atomic E-state index is 11.5. The Labute approximate surface area is 149 Å². The Morgan fingerprint density at radius 2 is 1.85 bits per heavy atom. The van der Waals surface area contributed by atoms with Gasteiger partial charge in [0.2, 0.25) is 0 Å². The van der Waals surface area contributed by atoms with Crippen LogP contribution in [0, 0.1) is 6.92 Å². The summed E-state index contributed by atoms with van der Waals surface area (Å²) in [5.74, 6) is -0.592. The third-order valence-electron chi connectivity index (χ3n) is 3.83. The van der Waals surface area contributed by atoms with E-state index in [-0.39, 0.29) is 17.1 Å². The quantitative estimate of drug-likeness (QED) is 0.572. The van der Waals surface area contributed by atoms with Gasteiger partial charge in [-0.15, -0.1) is 0 Å². The van der Waals surface area contributed by atoms with E-state index in [2.05, 4.69) is 10.4 Å². The Hall–Kier alpha value is -3.81. The summed E-state index contributed by atoms with van der Waals surface area (Å²) >= 11 is 0. The maximum atomic E-state index is 11.5. The van der Waals surface area contributed by atoms with E-state index in [1.807, 2.05) is 31.2 Å². The molecule has 0 saturated carbocycles. The third-order valence-corrected chi connectivity index (χ3v) is 3.83. The molecular formula is C18H17N5O3. The number of nitrogens with one attached hydrogen (secondary N) is 1. The fraction of sp³-hybridized carbons (Fsp3) is 0.0556. The van der Waals surface area contributed by atoms with Crippen molar-refractivity contribution in [1.29, 1.82) is 0 Å². The van der Waals surface area contributed by atoms with E-state index in [0.29, 0.717) is 5.69 Å². The Bertz CT molecular complexity index is 1010. The SMILES string of the molecule is Cc1cc(-c2cccc(O)c2)ccc1-n1cc(NC(N)=O)c(C(N)=O)n1. The van der Waals surface area contributed by atoms with Gasteiger partial charge in [-0.05, 0) is 47.9 Å². The normalized spacial score (nSPS) is 10.5. The molecule has 26 heavy (non-hydrogen) atoms. The molecule has 3 amide bonds. The van der Waals surface area contributed by atoms with Crippen LogP contribution in [0.1, 0.15) is 16.1 Å². The molecule has 0 aliphatic carbocycles. The number of phenolic OH excluding ortho intramolecular Hbond substituents is 1. The van der Waals surface area contributed by atoms with Crippen LogP contribution in [0.4, 0.5) is 10.5 Å². The summed E-state index contributed by atoms with van der Waals surface area (Å²) in [6, 6.07) is 11.7. The summed E-state index contributed by atoms with van der Waals surface area (Å²) in [4.78, 5) is 22.6. The number of nitrogens with zero attached hydrogens (tertiary/aromatic N) is 2. The van der Waals surface area contributed by atoms with E-state index in [4.69, 9.17) is 11.5 Å². The lowest BCUT2D eigenvalue weighted by atomic mass is 10.0. The first-order valence-corrected chi connectivity index (χ1v) is 7.71. The molecule has 0 atom stereocenters. The topological polar surface area (TPSA) is 136 Å². The zero-order chi connectivity index (χ0) is 18.8.